The van der Waals surface area contributed by atoms with Crippen LogP contribution in [0.15, 0.2) is 34.2 Å². The van der Waals surface area contributed by atoms with Crippen molar-refractivity contribution in [1.29, 1.82) is 0 Å². The van der Waals surface area contributed by atoms with E-state index in [0.29, 0.717) is 5.69 Å². The van der Waals surface area contributed by atoms with Crippen molar-refractivity contribution in [2.45, 2.75) is 17.9 Å². The van der Waals surface area contributed by atoms with Gasteiger partial charge in [0.05, 0.1) is 5.69 Å². The average Bonchev–Trinajstić information content (AvgIpc) is 2.37. The first kappa shape index (κ1) is 12.5. The molecule has 0 spiro atoms. The molecule has 0 bridgehead atoms. The monoisotopic (exact) mass is 268 g/mol. The number of carbonyl (C=O) groups is 1. The molecule has 0 aliphatic carbocycles. The number of hydrogen-bond donors (Lipinski definition) is 2. The summed E-state index contributed by atoms with van der Waals surface area (Å²) in [6.07, 6.45) is 1.12. The second-order valence-corrected chi connectivity index (χ2v) is 5.54. The van der Waals surface area contributed by atoms with Crippen molar-refractivity contribution >= 4 is 28.0 Å². The van der Waals surface area contributed by atoms with Crippen molar-refractivity contribution in [2.24, 2.45) is 10.8 Å². The van der Waals surface area contributed by atoms with E-state index < -0.39 is 22.0 Å². The third kappa shape index (κ3) is 1.85. The number of nitrogens with zero attached hydrogens (tertiary/aromatic N) is 2. The Bertz CT molecular complexity index is 611. The Hall–Kier alpha value is -1.93. The zero-order valence-corrected chi connectivity index (χ0v) is 10.4. The van der Waals surface area contributed by atoms with Crippen molar-refractivity contribution < 1.29 is 13.2 Å². The van der Waals surface area contributed by atoms with E-state index in [2.05, 4.69) is 4.99 Å². The van der Waals surface area contributed by atoms with Crippen molar-refractivity contribution in [3.63, 3.8) is 0 Å². The van der Waals surface area contributed by atoms with E-state index in [4.69, 9.17) is 5.84 Å². The number of para-hydroxylation sites is 1. The fraction of sp³-hybridized carbons (Fsp3) is 0.200. The maximum Gasteiger partial charge on any atom is 0.267 e. The van der Waals surface area contributed by atoms with Crippen LogP contribution in [0.5, 0.6) is 0 Å². The molecule has 1 aliphatic heterocycles. The van der Waals surface area contributed by atoms with Crippen molar-refractivity contribution in [3.05, 3.63) is 24.3 Å². The Morgan fingerprint density at radius 2 is 2.11 bits per heavy atom. The van der Waals surface area contributed by atoms with E-state index >= 15 is 0 Å². The lowest BCUT2D eigenvalue weighted by atomic mass is 10.3. The highest BCUT2D eigenvalue weighted by molar-refractivity contribution is 7.89. The lowest BCUT2D eigenvalue weighted by molar-refractivity contribution is -0.123. The summed E-state index contributed by atoms with van der Waals surface area (Å²) in [5.41, 5.74) is 2.27. The van der Waals surface area contributed by atoms with E-state index in [1.165, 1.54) is 13.0 Å². The van der Waals surface area contributed by atoms with Gasteiger partial charge in [-0.15, -0.1) is 0 Å². The molecule has 0 saturated heterocycles. The smallest absolute Gasteiger partial charge is 0.267 e. The predicted octanol–water partition coefficient (Wildman–Crippen LogP) is -0.271. The minimum absolute atomic E-state index is 0.0733. The van der Waals surface area contributed by atoms with Crippen LogP contribution in [0.4, 0.5) is 5.69 Å². The maximum absolute atomic E-state index is 12.3. The van der Waals surface area contributed by atoms with Crippen LogP contribution in [0.2, 0.25) is 0 Å². The molecule has 0 radical (unpaired) electrons. The van der Waals surface area contributed by atoms with Crippen LogP contribution >= 0.6 is 0 Å². The highest BCUT2D eigenvalue weighted by atomic mass is 32.2. The van der Waals surface area contributed by atoms with Crippen LogP contribution in [-0.2, 0) is 14.8 Å². The molecule has 3 N–H and O–H groups in total. The Balaban J connectivity index is 2.48. The SMILES string of the molecule is CC(C(=O)NN)N1C=Nc2ccccc2S1(=O)=O. The van der Waals surface area contributed by atoms with E-state index in [1.807, 2.05) is 5.43 Å². The molecule has 1 aliphatic rings. The first-order valence-electron chi connectivity index (χ1n) is 5.15. The van der Waals surface area contributed by atoms with Crippen LogP contribution in [-0.4, -0.2) is 31.0 Å². The second kappa shape index (κ2) is 4.39. The normalized spacial score (nSPS) is 18.0. The van der Waals surface area contributed by atoms with Gasteiger partial charge in [0.25, 0.3) is 15.9 Å². The number of hydrazine groups is 1. The maximum atomic E-state index is 12.3. The number of rotatable bonds is 2. The first-order valence-corrected chi connectivity index (χ1v) is 6.59. The van der Waals surface area contributed by atoms with Crippen molar-refractivity contribution in [3.8, 4) is 0 Å². The third-order valence-corrected chi connectivity index (χ3v) is 4.50. The molecule has 8 heteroatoms. The predicted molar refractivity (Wildman–Crippen MR) is 65.4 cm³/mol. The van der Waals surface area contributed by atoms with Gasteiger partial charge in [0, 0.05) is 0 Å². The molecule has 2 rings (SSSR count). The van der Waals surface area contributed by atoms with Gasteiger partial charge in [0.1, 0.15) is 17.3 Å². The van der Waals surface area contributed by atoms with E-state index in [0.717, 1.165) is 10.6 Å². The summed E-state index contributed by atoms with van der Waals surface area (Å²) in [4.78, 5) is 15.5. The van der Waals surface area contributed by atoms with Crippen molar-refractivity contribution in [1.82, 2.24) is 9.73 Å². The summed E-state index contributed by atoms with van der Waals surface area (Å²) in [7, 11) is -3.77. The molecule has 0 aromatic heterocycles. The minimum Gasteiger partial charge on any atom is -0.292 e. The van der Waals surface area contributed by atoms with Gasteiger partial charge in [-0.25, -0.2) is 23.6 Å². The summed E-state index contributed by atoms with van der Waals surface area (Å²) in [5.74, 6) is 4.39. The summed E-state index contributed by atoms with van der Waals surface area (Å²) in [6.45, 7) is 1.43. The number of carbonyl (C=O) groups excluding carboxylic acids is 1. The van der Waals surface area contributed by atoms with Gasteiger partial charge in [-0.05, 0) is 19.1 Å². The van der Waals surface area contributed by atoms with E-state index in [-0.39, 0.29) is 4.90 Å². The van der Waals surface area contributed by atoms with Gasteiger partial charge in [0.15, 0.2) is 0 Å². The second-order valence-electron chi connectivity index (χ2n) is 3.73. The molecular weight excluding hydrogens is 256 g/mol. The third-order valence-electron chi connectivity index (χ3n) is 2.63. The molecule has 1 atom stereocenters. The Morgan fingerprint density at radius 1 is 1.44 bits per heavy atom. The highest BCUT2D eigenvalue weighted by Gasteiger charge is 2.34. The van der Waals surface area contributed by atoms with Crippen LogP contribution in [0.25, 0.3) is 0 Å². The zero-order chi connectivity index (χ0) is 13.3. The molecule has 1 aromatic rings. The zero-order valence-electron chi connectivity index (χ0n) is 9.57. The largest absolute Gasteiger partial charge is 0.292 e. The van der Waals surface area contributed by atoms with E-state index in [1.54, 1.807) is 18.2 Å². The number of benzene rings is 1. The number of sulfonamides is 1. The number of nitrogens with one attached hydrogen (secondary N) is 1. The summed E-state index contributed by atoms with van der Waals surface area (Å²) in [6, 6.07) is 5.37. The first-order chi connectivity index (χ1) is 8.48. The lowest BCUT2D eigenvalue weighted by Gasteiger charge is -2.28. The molecule has 1 unspecified atom stereocenters. The number of fused-ring (bicyclic) bond motifs is 1. The number of amides is 1. The average molecular weight is 268 g/mol. The summed E-state index contributed by atoms with van der Waals surface area (Å²) < 4.78 is 25.4. The Labute approximate surface area is 104 Å². The molecule has 0 saturated carbocycles. The molecule has 1 heterocycles. The van der Waals surface area contributed by atoms with Crippen LogP contribution < -0.4 is 11.3 Å². The van der Waals surface area contributed by atoms with Gasteiger partial charge in [-0.2, -0.15) is 0 Å². The molecule has 1 amide bonds. The van der Waals surface area contributed by atoms with Gasteiger partial charge in [0.2, 0.25) is 0 Å². The molecule has 7 nitrogen and oxygen atoms in total. The standard InChI is InChI=1S/C10H12N4O3S/c1-7(10(15)13-11)14-6-12-8-4-2-3-5-9(8)18(14,16)17/h2-7H,11H2,1H3,(H,13,15). The van der Waals surface area contributed by atoms with Crippen LogP contribution in [0.1, 0.15) is 6.92 Å². The van der Waals surface area contributed by atoms with E-state index in [9.17, 15) is 13.2 Å². The van der Waals surface area contributed by atoms with Crippen LogP contribution in [0, 0.1) is 0 Å². The van der Waals surface area contributed by atoms with Crippen LogP contribution in [0.3, 0.4) is 0 Å². The topological polar surface area (TPSA) is 105 Å². The van der Waals surface area contributed by atoms with Gasteiger partial charge in [-0.3, -0.25) is 10.2 Å². The number of nitrogens with two attached hydrogens (primary N) is 1. The summed E-state index contributed by atoms with van der Waals surface area (Å²) >= 11 is 0. The molecule has 1 aromatic carbocycles. The molecule has 96 valence electrons. The van der Waals surface area contributed by atoms with Crippen molar-refractivity contribution in [2.75, 3.05) is 0 Å². The fourth-order valence-electron chi connectivity index (χ4n) is 1.62. The Morgan fingerprint density at radius 3 is 2.78 bits per heavy atom. The Kier molecular flexibility index (Phi) is 3.05. The molecule has 18 heavy (non-hydrogen) atoms. The molecular formula is C10H12N4O3S. The minimum atomic E-state index is -3.77. The highest BCUT2D eigenvalue weighted by Crippen LogP contribution is 2.30. The lowest BCUT2D eigenvalue weighted by Crippen LogP contribution is -2.49. The number of hydrogen-bond acceptors (Lipinski definition) is 5. The number of aliphatic imine (C=N–C) groups is 1. The summed E-state index contributed by atoms with van der Waals surface area (Å²) in [5, 5.41) is 0. The van der Waals surface area contributed by atoms with Gasteiger partial charge >= 0.3 is 0 Å². The molecule has 0 fully saturated rings. The fourth-order valence-corrected chi connectivity index (χ4v) is 3.17. The van der Waals surface area contributed by atoms with Gasteiger partial charge < -0.3 is 0 Å². The quantitative estimate of drug-likeness (QED) is 0.437. The van der Waals surface area contributed by atoms with Gasteiger partial charge in [-0.1, -0.05) is 12.1 Å².